The van der Waals surface area contributed by atoms with E-state index in [0.29, 0.717) is 16.4 Å². The minimum absolute atomic E-state index is 0.309. The number of carbonyl (C=O) groups excluding carboxylic acids is 1. The molecule has 7 rings (SSSR count). The van der Waals surface area contributed by atoms with Gasteiger partial charge in [-0.15, -0.1) is 5.10 Å². The normalized spacial score (nSPS) is 14.3. The Hall–Kier alpha value is -5.57. The molecule has 9 nitrogen and oxygen atoms in total. The van der Waals surface area contributed by atoms with Crippen LogP contribution in [0.4, 0.5) is 28.8 Å². The van der Waals surface area contributed by atoms with Crippen molar-refractivity contribution >= 4 is 58.1 Å². The van der Waals surface area contributed by atoms with E-state index < -0.39 is 5.91 Å². The predicted molar refractivity (Wildman–Crippen MR) is 164 cm³/mol. The van der Waals surface area contributed by atoms with Crippen LogP contribution in [0.25, 0.3) is 17.1 Å². The molecule has 42 heavy (non-hydrogen) atoms. The van der Waals surface area contributed by atoms with E-state index in [-0.39, 0.29) is 0 Å². The van der Waals surface area contributed by atoms with E-state index in [2.05, 4.69) is 94.1 Å². The second-order valence-electron chi connectivity index (χ2n) is 10.4. The molecule has 0 radical (unpaired) electrons. The van der Waals surface area contributed by atoms with Crippen molar-refractivity contribution in [2.75, 3.05) is 9.80 Å². The van der Waals surface area contributed by atoms with Crippen molar-refractivity contribution in [1.29, 1.82) is 0 Å². The van der Waals surface area contributed by atoms with Crippen molar-refractivity contribution in [1.82, 2.24) is 20.2 Å². The summed E-state index contributed by atoms with van der Waals surface area (Å²) in [5.41, 5.74) is 8.06. The van der Waals surface area contributed by atoms with Crippen molar-refractivity contribution < 1.29 is 4.79 Å². The number of hydrogen-bond acceptors (Lipinski definition) is 8. The van der Waals surface area contributed by atoms with Crippen LogP contribution in [0.5, 0.6) is 0 Å². The molecule has 0 N–H and O–H groups in total. The minimum atomic E-state index is -0.430. The summed E-state index contributed by atoms with van der Waals surface area (Å²) in [6, 6.07) is 20.4. The molecular weight excluding hydrogens is 524 g/mol. The number of aliphatic imine (C=N–C) groups is 1. The molecule has 0 aliphatic carbocycles. The van der Waals surface area contributed by atoms with Gasteiger partial charge in [-0.1, -0.05) is 48.5 Å². The molecular formula is C33H26N8O. The predicted octanol–water partition coefficient (Wildman–Crippen LogP) is 5.13. The number of nitrogens with zero attached hydrogens (tertiary/aromatic N) is 8. The zero-order valence-corrected chi connectivity index (χ0v) is 23.6. The van der Waals surface area contributed by atoms with Crippen LogP contribution in [0.2, 0.25) is 0 Å². The number of allylic oxidation sites excluding steroid dienone is 1. The average Bonchev–Trinajstić information content (AvgIpc) is 3.27. The number of amides is 1. The van der Waals surface area contributed by atoms with Crippen LogP contribution in [-0.4, -0.2) is 32.3 Å². The average molecular weight is 551 g/mol. The Bertz CT molecular complexity index is 1990. The van der Waals surface area contributed by atoms with E-state index in [9.17, 15) is 4.79 Å². The lowest BCUT2D eigenvalue weighted by atomic mass is 10.1. The summed E-state index contributed by atoms with van der Waals surface area (Å²) >= 11 is 0. The van der Waals surface area contributed by atoms with E-state index in [1.165, 1.54) is 0 Å². The molecule has 0 saturated heterocycles. The Morgan fingerprint density at radius 2 is 1.24 bits per heavy atom. The SMILES string of the molecule is Cc1cccc(C)c1N1C(=C/C=c2/cnnc3c2=NC(=O)C=N3)N(c2c(C)cccc2C)c2nc3ccccc3nc21. The van der Waals surface area contributed by atoms with Crippen LogP contribution in [0.15, 0.2) is 88.7 Å². The summed E-state index contributed by atoms with van der Waals surface area (Å²) in [6.45, 7) is 8.41. The number of benzene rings is 3. The van der Waals surface area contributed by atoms with Crippen molar-refractivity contribution in [2.24, 2.45) is 9.98 Å². The van der Waals surface area contributed by atoms with E-state index in [0.717, 1.165) is 68.3 Å². The number of hydrogen-bond donors (Lipinski definition) is 0. The molecule has 5 aromatic rings. The fraction of sp³-hybridized carbons (Fsp3) is 0.121. The van der Waals surface area contributed by atoms with Gasteiger partial charge in [-0.05, 0) is 74.2 Å². The Labute approximate surface area is 241 Å². The lowest BCUT2D eigenvalue weighted by molar-refractivity contribution is -0.111. The van der Waals surface area contributed by atoms with Crippen LogP contribution in [0.3, 0.4) is 0 Å². The monoisotopic (exact) mass is 550 g/mol. The first-order chi connectivity index (χ1) is 20.4. The molecule has 0 atom stereocenters. The van der Waals surface area contributed by atoms with Gasteiger partial charge in [0.2, 0.25) is 5.82 Å². The third-order valence-corrected chi connectivity index (χ3v) is 7.51. The van der Waals surface area contributed by atoms with Crippen molar-refractivity contribution in [3.05, 3.63) is 112 Å². The summed E-state index contributed by atoms with van der Waals surface area (Å²) in [5.74, 6) is 2.16. The Balaban J connectivity index is 1.59. The molecule has 2 aliphatic rings. The number of para-hydroxylation sites is 4. The first kappa shape index (κ1) is 25.4. The van der Waals surface area contributed by atoms with Crippen LogP contribution in [-0.2, 0) is 4.79 Å². The highest BCUT2D eigenvalue weighted by Gasteiger charge is 2.38. The fourth-order valence-corrected chi connectivity index (χ4v) is 5.63. The molecule has 0 fully saturated rings. The van der Waals surface area contributed by atoms with Crippen molar-refractivity contribution in [3.63, 3.8) is 0 Å². The van der Waals surface area contributed by atoms with E-state index >= 15 is 0 Å². The summed E-state index contributed by atoms with van der Waals surface area (Å²) in [4.78, 5) is 35.1. The lowest BCUT2D eigenvalue weighted by Crippen LogP contribution is -2.31. The number of fused-ring (bicyclic) bond motifs is 3. The number of aromatic nitrogens is 4. The Morgan fingerprint density at radius 3 is 1.79 bits per heavy atom. The minimum Gasteiger partial charge on any atom is -0.276 e. The van der Waals surface area contributed by atoms with Crippen molar-refractivity contribution in [2.45, 2.75) is 27.7 Å². The molecule has 3 aromatic carbocycles. The number of carbonyl (C=O) groups is 1. The molecule has 2 aromatic heterocycles. The fourth-order valence-electron chi connectivity index (χ4n) is 5.63. The van der Waals surface area contributed by atoms with Gasteiger partial charge in [-0.2, -0.15) is 5.10 Å². The van der Waals surface area contributed by atoms with Gasteiger partial charge in [-0.3, -0.25) is 14.6 Å². The van der Waals surface area contributed by atoms with Crippen molar-refractivity contribution in [3.8, 4) is 0 Å². The summed E-state index contributed by atoms with van der Waals surface area (Å²) in [6.07, 6.45) is 6.64. The molecule has 0 spiro atoms. The van der Waals surface area contributed by atoms with Gasteiger partial charge in [-0.25, -0.2) is 20.0 Å². The largest absolute Gasteiger partial charge is 0.288 e. The summed E-state index contributed by atoms with van der Waals surface area (Å²) in [7, 11) is 0. The van der Waals surface area contributed by atoms with Crippen LogP contribution in [0, 0.1) is 27.7 Å². The van der Waals surface area contributed by atoms with E-state index in [4.69, 9.17) is 9.97 Å². The number of rotatable bonds is 3. The zero-order valence-electron chi connectivity index (χ0n) is 23.6. The first-order valence-electron chi connectivity index (χ1n) is 13.6. The highest BCUT2D eigenvalue weighted by molar-refractivity contribution is 6.27. The molecule has 0 saturated carbocycles. The molecule has 1 amide bonds. The van der Waals surface area contributed by atoms with Gasteiger partial charge >= 0.3 is 0 Å². The van der Waals surface area contributed by atoms with Crippen LogP contribution >= 0.6 is 0 Å². The van der Waals surface area contributed by atoms with Gasteiger partial charge < -0.3 is 0 Å². The molecule has 204 valence electrons. The highest BCUT2D eigenvalue weighted by Crippen LogP contribution is 2.51. The topological polar surface area (TPSA) is 99.8 Å². The standard InChI is InChI=1S/C33H26N8O/c1-19-9-7-10-20(2)29(19)40-27(16-15-23-17-35-39-31-28(23)38-26(42)18-34-31)41(30-21(3)11-8-12-22(30)4)33-32(40)36-24-13-5-6-14-25(24)37-33/h5-18H,1-4H3/b23-15-. The van der Waals surface area contributed by atoms with Gasteiger partial charge in [0.25, 0.3) is 5.91 Å². The van der Waals surface area contributed by atoms with Crippen LogP contribution < -0.4 is 20.4 Å². The number of aryl methyl sites for hydroxylation is 4. The molecule has 9 heteroatoms. The van der Waals surface area contributed by atoms with E-state index in [1.54, 1.807) is 6.20 Å². The quantitative estimate of drug-likeness (QED) is 0.307. The molecule has 2 aliphatic heterocycles. The summed E-state index contributed by atoms with van der Waals surface area (Å²) in [5, 5.41) is 9.18. The summed E-state index contributed by atoms with van der Waals surface area (Å²) < 4.78 is 0. The third-order valence-electron chi connectivity index (χ3n) is 7.51. The smallest absolute Gasteiger partial charge is 0.276 e. The highest BCUT2D eigenvalue weighted by atomic mass is 16.1. The molecule has 0 unspecified atom stereocenters. The van der Waals surface area contributed by atoms with Gasteiger partial charge in [0.1, 0.15) is 11.2 Å². The first-order valence-corrected chi connectivity index (χ1v) is 13.6. The zero-order chi connectivity index (χ0) is 29.0. The van der Waals surface area contributed by atoms with Gasteiger partial charge in [0.05, 0.1) is 34.8 Å². The maximum atomic E-state index is 12.1. The maximum Gasteiger partial charge on any atom is 0.288 e. The maximum absolute atomic E-state index is 12.1. The van der Waals surface area contributed by atoms with E-state index in [1.807, 2.05) is 36.4 Å². The lowest BCUT2D eigenvalue weighted by Gasteiger charge is -2.28. The second kappa shape index (κ2) is 9.81. The number of anilines is 4. The second-order valence-corrected chi connectivity index (χ2v) is 10.4. The van der Waals surface area contributed by atoms with Crippen LogP contribution in [0.1, 0.15) is 22.3 Å². The molecule has 4 heterocycles. The van der Waals surface area contributed by atoms with Gasteiger partial charge in [0.15, 0.2) is 11.6 Å². The Morgan fingerprint density at radius 1 is 0.690 bits per heavy atom. The third kappa shape index (κ3) is 4.05. The molecule has 0 bridgehead atoms. The Kier molecular flexibility index (Phi) is 5.93. The van der Waals surface area contributed by atoms with Gasteiger partial charge in [0, 0.05) is 5.22 Å².